The second-order valence-corrected chi connectivity index (χ2v) is 7.17. The average molecular weight is 377 g/mol. The highest BCUT2D eigenvalue weighted by atomic mass is 32.1. The zero-order chi connectivity index (χ0) is 18.9. The van der Waals surface area contributed by atoms with E-state index in [0.717, 1.165) is 17.5 Å². The van der Waals surface area contributed by atoms with Gasteiger partial charge in [0.05, 0.1) is 6.54 Å². The Morgan fingerprint density at radius 2 is 2.08 bits per heavy atom. The lowest BCUT2D eigenvalue weighted by molar-refractivity contribution is -0.127. The van der Waals surface area contributed by atoms with Gasteiger partial charge in [0.25, 0.3) is 0 Å². The molecule has 0 saturated heterocycles. The van der Waals surface area contributed by atoms with Gasteiger partial charge in [-0.3, -0.25) is 4.79 Å². The van der Waals surface area contributed by atoms with Crippen LogP contribution in [0.1, 0.15) is 16.0 Å². The molecule has 0 atom stereocenters. The van der Waals surface area contributed by atoms with Gasteiger partial charge in [0.2, 0.25) is 5.91 Å². The second kappa shape index (κ2) is 9.91. The summed E-state index contributed by atoms with van der Waals surface area (Å²) in [6, 6.07) is 8.86. The Labute approximate surface area is 157 Å². The third-order valence-corrected chi connectivity index (χ3v) is 4.75. The molecule has 0 saturated carbocycles. The number of guanidine groups is 1. The molecule has 0 aliphatic heterocycles. The number of amides is 1. The first kappa shape index (κ1) is 19.9. The highest BCUT2D eigenvalue weighted by Gasteiger charge is 2.06. The van der Waals surface area contributed by atoms with Crippen molar-refractivity contribution in [2.75, 3.05) is 27.2 Å². The third-order valence-electron chi connectivity index (χ3n) is 3.87. The zero-order valence-electron chi connectivity index (χ0n) is 15.4. The average Bonchev–Trinajstić information content (AvgIpc) is 3.11. The van der Waals surface area contributed by atoms with E-state index in [4.69, 9.17) is 0 Å². The van der Waals surface area contributed by atoms with Gasteiger partial charge in [-0.25, -0.2) is 9.38 Å². The Bertz CT molecular complexity index is 744. The molecule has 0 aliphatic carbocycles. The Kier molecular flexibility index (Phi) is 7.59. The molecule has 2 rings (SSSR count). The Hall–Kier alpha value is -2.41. The molecule has 0 aliphatic rings. The van der Waals surface area contributed by atoms with Gasteiger partial charge in [0, 0.05) is 25.5 Å². The number of carbonyl (C=O) groups excluding carboxylic acids is 1. The second-order valence-electron chi connectivity index (χ2n) is 6.13. The first-order valence-electron chi connectivity index (χ1n) is 8.45. The van der Waals surface area contributed by atoms with Gasteiger partial charge in [0.1, 0.15) is 12.4 Å². The normalized spacial score (nSPS) is 11.3. The summed E-state index contributed by atoms with van der Waals surface area (Å²) >= 11 is 1.66. The molecule has 0 radical (unpaired) electrons. The molecule has 1 heterocycles. The molecule has 1 amide bonds. The first-order valence-corrected chi connectivity index (χ1v) is 9.33. The summed E-state index contributed by atoms with van der Waals surface area (Å²) < 4.78 is 13.2. The smallest absolute Gasteiger partial charge is 0.243 e. The Balaban J connectivity index is 1.93. The largest absolute Gasteiger partial charge is 0.356 e. The number of nitrogens with one attached hydrogen (secondary N) is 2. The molecule has 0 unspecified atom stereocenters. The van der Waals surface area contributed by atoms with Crippen LogP contribution < -0.4 is 10.6 Å². The molecule has 0 bridgehead atoms. The van der Waals surface area contributed by atoms with Crippen LogP contribution in [0.15, 0.2) is 40.7 Å². The summed E-state index contributed by atoms with van der Waals surface area (Å²) in [6.07, 6.45) is 0.743. The zero-order valence-corrected chi connectivity index (χ0v) is 16.2. The lowest BCUT2D eigenvalue weighted by Crippen LogP contribution is -2.39. The van der Waals surface area contributed by atoms with Crippen LogP contribution in [0.3, 0.4) is 0 Å². The topological polar surface area (TPSA) is 56.7 Å². The lowest BCUT2D eigenvalue weighted by Gasteiger charge is -2.14. The van der Waals surface area contributed by atoms with E-state index in [-0.39, 0.29) is 18.3 Å². The van der Waals surface area contributed by atoms with E-state index in [0.29, 0.717) is 19.0 Å². The molecule has 26 heavy (non-hydrogen) atoms. The van der Waals surface area contributed by atoms with E-state index in [1.165, 1.54) is 21.9 Å². The predicted octanol–water partition coefficient (Wildman–Crippen LogP) is 2.56. The molecule has 2 N–H and O–H groups in total. The fraction of sp³-hybridized carbons (Fsp3) is 0.368. The van der Waals surface area contributed by atoms with Crippen molar-refractivity contribution in [2.24, 2.45) is 4.99 Å². The van der Waals surface area contributed by atoms with E-state index in [2.05, 4.69) is 15.6 Å². The number of likely N-dealkylation sites (N-methyl/N-ethyl adjacent to an activating group) is 1. The van der Waals surface area contributed by atoms with E-state index in [1.54, 1.807) is 31.5 Å². The van der Waals surface area contributed by atoms with Gasteiger partial charge in [-0.05, 0) is 48.1 Å². The number of benzene rings is 1. The van der Waals surface area contributed by atoms with Gasteiger partial charge in [-0.1, -0.05) is 12.1 Å². The molecular weight excluding hydrogens is 351 g/mol. The summed E-state index contributed by atoms with van der Waals surface area (Å²) in [6.45, 7) is 3.27. The number of thiophene rings is 1. The molecule has 7 heteroatoms. The van der Waals surface area contributed by atoms with Crippen LogP contribution in [0, 0.1) is 12.7 Å². The maximum atomic E-state index is 13.2. The number of hydrogen-bond donors (Lipinski definition) is 2. The van der Waals surface area contributed by atoms with Crippen molar-refractivity contribution < 1.29 is 9.18 Å². The van der Waals surface area contributed by atoms with E-state index in [9.17, 15) is 9.18 Å². The molecule has 0 spiro atoms. The number of rotatable bonds is 7. The molecule has 1 aromatic heterocycles. The van der Waals surface area contributed by atoms with Gasteiger partial charge < -0.3 is 15.5 Å². The van der Waals surface area contributed by atoms with Gasteiger partial charge >= 0.3 is 0 Å². The third kappa shape index (κ3) is 6.48. The van der Waals surface area contributed by atoms with Crippen LogP contribution in [0.25, 0.3) is 0 Å². The number of aryl methyl sites for hydroxylation is 1. The Morgan fingerprint density at radius 1 is 1.27 bits per heavy atom. The van der Waals surface area contributed by atoms with Crippen LogP contribution >= 0.6 is 11.3 Å². The number of carbonyl (C=O) groups is 1. The van der Waals surface area contributed by atoms with Crippen LogP contribution in [-0.2, 0) is 17.8 Å². The summed E-state index contributed by atoms with van der Waals surface area (Å²) in [7, 11) is 3.42. The maximum Gasteiger partial charge on any atom is 0.243 e. The fourth-order valence-corrected chi connectivity index (χ4v) is 2.95. The first-order chi connectivity index (χ1) is 12.5. The summed E-state index contributed by atoms with van der Waals surface area (Å²) in [5.74, 6) is 0.311. The van der Waals surface area contributed by atoms with Crippen LogP contribution in [0.5, 0.6) is 0 Å². The summed E-state index contributed by atoms with van der Waals surface area (Å²) in [4.78, 5) is 18.8. The van der Waals surface area contributed by atoms with Crippen molar-refractivity contribution in [1.82, 2.24) is 15.5 Å². The van der Waals surface area contributed by atoms with Gasteiger partial charge in [-0.15, -0.1) is 11.3 Å². The number of halogens is 1. The number of hydrogen-bond acceptors (Lipinski definition) is 3. The molecular formula is C19H25FN4OS. The van der Waals surface area contributed by atoms with Crippen molar-refractivity contribution in [1.29, 1.82) is 0 Å². The maximum absolute atomic E-state index is 13.2. The number of nitrogens with zero attached hydrogens (tertiary/aromatic N) is 2. The molecule has 1 aromatic carbocycles. The minimum Gasteiger partial charge on any atom is -0.356 e. The van der Waals surface area contributed by atoms with Gasteiger partial charge in [-0.2, -0.15) is 0 Å². The van der Waals surface area contributed by atoms with Crippen molar-refractivity contribution in [3.63, 3.8) is 0 Å². The van der Waals surface area contributed by atoms with E-state index in [1.807, 2.05) is 24.4 Å². The standard InChI is InChI=1S/C19H25FN4OS/c1-14-11-16(20)7-6-15(14)8-9-21-19(23-13-18(25)24(2)3)22-12-17-5-4-10-26-17/h4-7,10-11H,8-9,12-13H2,1-3H3,(H2,21,22,23). The van der Waals surface area contributed by atoms with Crippen molar-refractivity contribution in [3.8, 4) is 0 Å². The number of aliphatic imine (C=N–C) groups is 1. The lowest BCUT2D eigenvalue weighted by atomic mass is 10.1. The van der Waals surface area contributed by atoms with Crippen LogP contribution in [-0.4, -0.2) is 44.0 Å². The van der Waals surface area contributed by atoms with E-state index < -0.39 is 0 Å². The van der Waals surface area contributed by atoms with Crippen LogP contribution in [0.4, 0.5) is 4.39 Å². The summed E-state index contributed by atoms with van der Waals surface area (Å²) in [5.41, 5.74) is 2.01. The molecule has 0 fully saturated rings. The molecule has 5 nitrogen and oxygen atoms in total. The van der Waals surface area contributed by atoms with Crippen LogP contribution in [0.2, 0.25) is 0 Å². The minimum atomic E-state index is -0.221. The predicted molar refractivity (Wildman–Crippen MR) is 105 cm³/mol. The van der Waals surface area contributed by atoms with Gasteiger partial charge in [0.15, 0.2) is 5.96 Å². The monoisotopic (exact) mass is 376 g/mol. The minimum absolute atomic E-state index is 0.0587. The van der Waals surface area contributed by atoms with Crippen molar-refractivity contribution in [3.05, 3.63) is 57.5 Å². The summed E-state index contributed by atoms with van der Waals surface area (Å²) in [5, 5.41) is 8.51. The highest BCUT2D eigenvalue weighted by Crippen LogP contribution is 2.10. The molecule has 140 valence electrons. The Morgan fingerprint density at radius 3 is 2.73 bits per heavy atom. The highest BCUT2D eigenvalue weighted by molar-refractivity contribution is 7.09. The quantitative estimate of drug-likeness (QED) is 0.577. The molecule has 2 aromatic rings. The SMILES string of the molecule is Cc1cc(F)ccc1CCNC(=NCC(=O)N(C)C)NCc1cccs1. The van der Waals surface area contributed by atoms with Crippen molar-refractivity contribution >= 4 is 23.2 Å². The van der Waals surface area contributed by atoms with Crippen molar-refractivity contribution in [2.45, 2.75) is 19.9 Å². The fourth-order valence-electron chi connectivity index (χ4n) is 2.30. The van der Waals surface area contributed by atoms with E-state index >= 15 is 0 Å².